The number of urea groups is 1. The van der Waals surface area contributed by atoms with Crippen LogP contribution in [-0.4, -0.2) is 25.1 Å². The molecule has 0 spiro atoms. The molecule has 0 aliphatic rings. The maximum Gasteiger partial charge on any atom is 0.318 e. The van der Waals surface area contributed by atoms with Crippen molar-refractivity contribution in [2.24, 2.45) is 5.73 Å². The van der Waals surface area contributed by atoms with E-state index in [4.69, 9.17) is 22.1 Å². The van der Waals surface area contributed by atoms with Gasteiger partial charge in [-0.1, -0.05) is 11.6 Å². The van der Waals surface area contributed by atoms with Crippen molar-refractivity contribution in [3.8, 4) is 5.75 Å². The highest BCUT2D eigenvalue weighted by Crippen LogP contribution is 2.27. The highest BCUT2D eigenvalue weighted by molar-refractivity contribution is 6.32. The largest absolute Gasteiger partial charge is 0.495 e. The molecule has 0 fully saturated rings. The lowest BCUT2D eigenvalue weighted by molar-refractivity contribution is -0.120. The van der Waals surface area contributed by atoms with Gasteiger partial charge >= 0.3 is 6.03 Å². The van der Waals surface area contributed by atoms with Gasteiger partial charge in [0.25, 0.3) is 0 Å². The molecule has 0 saturated carbocycles. The molecule has 7 heteroatoms. The minimum absolute atomic E-state index is 0.421. The van der Waals surface area contributed by atoms with Crippen LogP contribution in [0.2, 0.25) is 5.02 Å². The summed E-state index contributed by atoms with van der Waals surface area (Å²) in [5, 5.41) is 5.28. The second kappa shape index (κ2) is 6.11. The minimum Gasteiger partial charge on any atom is -0.495 e. The van der Waals surface area contributed by atoms with E-state index in [0.717, 1.165) is 0 Å². The first-order valence-electron chi connectivity index (χ1n) is 5.14. The fourth-order valence-corrected chi connectivity index (χ4v) is 1.56. The molecular weight excluding hydrogens is 258 g/mol. The van der Waals surface area contributed by atoms with Crippen LogP contribution in [0.1, 0.15) is 6.92 Å². The highest BCUT2D eigenvalue weighted by Gasteiger charge is 2.14. The number of rotatable bonds is 4. The van der Waals surface area contributed by atoms with Crippen molar-refractivity contribution < 1.29 is 14.3 Å². The molecule has 0 aliphatic carbocycles. The lowest BCUT2D eigenvalue weighted by atomic mass is 10.2. The Morgan fingerprint density at radius 3 is 2.61 bits per heavy atom. The van der Waals surface area contributed by atoms with Gasteiger partial charge in [0.15, 0.2) is 0 Å². The Bertz CT molecular complexity index is 465. The molecule has 4 N–H and O–H groups in total. The zero-order chi connectivity index (χ0) is 13.7. The molecule has 18 heavy (non-hydrogen) atoms. The Hall–Kier alpha value is -1.95. The average molecular weight is 272 g/mol. The molecule has 98 valence electrons. The van der Waals surface area contributed by atoms with Crippen LogP contribution in [0.3, 0.4) is 0 Å². The third-order valence-corrected chi connectivity index (χ3v) is 2.47. The number of carbonyl (C=O) groups is 2. The highest BCUT2D eigenvalue weighted by atomic mass is 35.5. The zero-order valence-corrected chi connectivity index (χ0v) is 10.7. The van der Waals surface area contributed by atoms with Crippen LogP contribution in [0.4, 0.5) is 10.5 Å². The van der Waals surface area contributed by atoms with Crippen LogP contribution in [0.15, 0.2) is 18.2 Å². The maximum atomic E-state index is 11.4. The number of carbonyl (C=O) groups excluding carboxylic acids is 2. The maximum absolute atomic E-state index is 11.4. The molecular formula is C11H14ClN3O3. The summed E-state index contributed by atoms with van der Waals surface area (Å²) in [6, 6.07) is 3.49. The summed E-state index contributed by atoms with van der Waals surface area (Å²) in [6.07, 6.45) is 0. The van der Waals surface area contributed by atoms with Crippen LogP contribution < -0.4 is 21.1 Å². The Morgan fingerprint density at radius 1 is 1.44 bits per heavy atom. The first kappa shape index (κ1) is 14.1. The molecule has 6 nitrogen and oxygen atoms in total. The van der Waals surface area contributed by atoms with Crippen molar-refractivity contribution in [1.29, 1.82) is 0 Å². The Morgan fingerprint density at radius 2 is 2.11 bits per heavy atom. The molecule has 0 aliphatic heterocycles. The molecule has 0 aromatic heterocycles. The van der Waals surface area contributed by atoms with Crippen LogP contribution >= 0.6 is 11.6 Å². The first-order chi connectivity index (χ1) is 8.43. The zero-order valence-electron chi connectivity index (χ0n) is 9.99. The van der Waals surface area contributed by atoms with E-state index in [1.165, 1.54) is 7.11 Å². The molecule has 1 aromatic carbocycles. The summed E-state index contributed by atoms with van der Waals surface area (Å²) in [6.45, 7) is 1.59. The van der Waals surface area contributed by atoms with E-state index in [9.17, 15) is 9.59 Å². The summed E-state index contributed by atoms with van der Waals surface area (Å²) in [4.78, 5) is 22.0. The summed E-state index contributed by atoms with van der Waals surface area (Å²) >= 11 is 5.94. The molecule has 0 bridgehead atoms. The van der Waals surface area contributed by atoms with Crippen LogP contribution in [-0.2, 0) is 4.79 Å². The van der Waals surface area contributed by atoms with Crippen LogP contribution in [0, 0.1) is 0 Å². The van der Waals surface area contributed by atoms with Crippen LogP contribution in [0.25, 0.3) is 0 Å². The number of anilines is 1. The smallest absolute Gasteiger partial charge is 0.318 e. The number of primary amides is 1. The number of imide groups is 1. The monoisotopic (exact) mass is 271 g/mol. The van der Waals surface area contributed by atoms with Crippen molar-refractivity contribution in [2.45, 2.75) is 13.0 Å². The predicted octanol–water partition coefficient (Wildman–Crippen LogP) is 1.34. The normalized spacial score (nSPS) is 11.5. The number of hydrogen-bond acceptors (Lipinski definition) is 4. The fourth-order valence-electron chi connectivity index (χ4n) is 1.30. The van der Waals surface area contributed by atoms with Gasteiger partial charge in [-0.05, 0) is 25.1 Å². The molecule has 1 rings (SSSR count). The van der Waals surface area contributed by atoms with Gasteiger partial charge in [-0.15, -0.1) is 0 Å². The second-order valence-electron chi connectivity index (χ2n) is 3.57. The van der Waals surface area contributed by atoms with Crippen molar-refractivity contribution in [3.63, 3.8) is 0 Å². The number of nitrogens with one attached hydrogen (secondary N) is 2. The number of hydrogen-bond donors (Lipinski definition) is 3. The average Bonchev–Trinajstić information content (AvgIpc) is 2.28. The van der Waals surface area contributed by atoms with Crippen LogP contribution in [0.5, 0.6) is 5.75 Å². The van der Waals surface area contributed by atoms with Crippen molar-refractivity contribution in [3.05, 3.63) is 23.2 Å². The van der Waals surface area contributed by atoms with E-state index < -0.39 is 18.0 Å². The summed E-state index contributed by atoms with van der Waals surface area (Å²) in [5.41, 5.74) is 5.48. The van der Waals surface area contributed by atoms with Gasteiger partial charge in [0, 0.05) is 5.69 Å². The Labute approximate surface area is 109 Å². The van der Waals surface area contributed by atoms with E-state index in [1.54, 1.807) is 25.1 Å². The molecule has 0 unspecified atom stereocenters. The molecule has 3 amide bonds. The quantitative estimate of drug-likeness (QED) is 0.770. The SMILES string of the molecule is COc1ccc(N[C@@H](C)C(=O)NC(N)=O)cc1Cl. The number of nitrogens with two attached hydrogens (primary N) is 1. The van der Waals surface area contributed by atoms with E-state index in [-0.39, 0.29) is 0 Å². The van der Waals surface area contributed by atoms with Gasteiger partial charge in [0.2, 0.25) is 5.91 Å². The van der Waals surface area contributed by atoms with Gasteiger partial charge in [-0.3, -0.25) is 10.1 Å². The third kappa shape index (κ3) is 3.81. The van der Waals surface area contributed by atoms with Gasteiger partial charge in [0.1, 0.15) is 11.8 Å². The minimum atomic E-state index is -0.888. The van der Waals surface area contributed by atoms with E-state index in [1.807, 2.05) is 5.32 Å². The summed E-state index contributed by atoms with van der Waals surface area (Å²) in [5.74, 6) is 0.0193. The lowest BCUT2D eigenvalue weighted by Gasteiger charge is -2.14. The number of amides is 3. The number of ether oxygens (including phenoxy) is 1. The molecule has 0 radical (unpaired) electrons. The van der Waals surface area contributed by atoms with Gasteiger partial charge < -0.3 is 15.8 Å². The van der Waals surface area contributed by atoms with E-state index >= 15 is 0 Å². The standard InChI is InChI=1S/C11H14ClN3O3/c1-6(10(16)15-11(13)17)14-7-3-4-9(18-2)8(12)5-7/h3-6,14H,1-2H3,(H3,13,15,16,17)/t6-/m0/s1. The second-order valence-corrected chi connectivity index (χ2v) is 3.98. The predicted molar refractivity (Wildman–Crippen MR) is 68.8 cm³/mol. The molecule has 1 aromatic rings. The number of halogens is 1. The van der Waals surface area contributed by atoms with Gasteiger partial charge in [0.05, 0.1) is 12.1 Å². The van der Waals surface area contributed by atoms with E-state index in [0.29, 0.717) is 16.5 Å². The van der Waals surface area contributed by atoms with Crippen molar-refractivity contribution in [2.75, 3.05) is 12.4 Å². The Kier molecular flexibility index (Phi) is 4.79. The summed E-state index contributed by atoms with van der Waals surface area (Å²) < 4.78 is 5.00. The molecule has 0 heterocycles. The number of benzene rings is 1. The number of methoxy groups -OCH3 is 1. The van der Waals surface area contributed by atoms with Gasteiger partial charge in [-0.25, -0.2) is 4.79 Å². The fraction of sp³-hybridized carbons (Fsp3) is 0.273. The van der Waals surface area contributed by atoms with Crippen molar-refractivity contribution in [1.82, 2.24) is 5.32 Å². The summed E-state index contributed by atoms with van der Waals surface area (Å²) in [7, 11) is 1.51. The molecule has 1 atom stereocenters. The third-order valence-electron chi connectivity index (χ3n) is 2.17. The topological polar surface area (TPSA) is 93.4 Å². The van der Waals surface area contributed by atoms with Gasteiger partial charge in [-0.2, -0.15) is 0 Å². The van der Waals surface area contributed by atoms with E-state index in [2.05, 4.69) is 5.32 Å². The Balaban J connectivity index is 2.70. The lowest BCUT2D eigenvalue weighted by Crippen LogP contribution is -2.43. The molecule has 0 saturated heterocycles. The van der Waals surface area contributed by atoms with Crippen molar-refractivity contribution >= 4 is 29.2 Å². The first-order valence-corrected chi connectivity index (χ1v) is 5.52.